The van der Waals surface area contributed by atoms with Crippen molar-refractivity contribution in [1.29, 1.82) is 5.26 Å². The SMILES string of the molecule is Cc1ccn(-c2ccccc2CNc2ccc(C#N)cn2)n1. The minimum absolute atomic E-state index is 0.554. The van der Waals surface area contributed by atoms with Crippen LogP contribution in [-0.2, 0) is 6.54 Å². The van der Waals surface area contributed by atoms with Gasteiger partial charge in [-0.25, -0.2) is 9.67 Å². The number of hydrogen-bond donors (Lipinski definition) is 1. The number of aromatic nitrogens is 3. The second-order valence-corrected chi connectivity index (χ2v) is 4.93. The van der Waals surface area contributed by atoms with Crippen LogP contribution in [0.15, 0.2) is 54.9 Å². The Balaban J connectivity index is 1.79. The van der Waals surface area contributed by atoms with Gasteiger partial charge in [0.15, 0.2) is 0 Å². The minimum Gasteiger partial charge on any atom is -0.366 e. The van der Waals surface area contributed by atoms with Crippen LogP contribution in [0.1, 0.15) is 16.8 Å². The van der Waals surface area contributed by atoms with Gasteiger partial charge in [-0.15, -0.1) is 0 Å². The van der Waals surface area contributed by atoms with Gasteiger partial charge in [0.05, 0.1) is 16.9 Å². The fraction of sp³-hybridized carbons (Fsp3) is 0.118. The lowest BCUT2D eigenvalue weighted by Gasteiger charge is -2.11. The first kappa shape index (κ1) is 13.8. The number of anilines is 1. The molecule has 0 aliphatic carbocycles. The van der Waals surface area contributed by atoms with E-state index in [1.165, 1.54) is 0 Å². The highest BCUT2D eigenvalue weighted by Crippen LogP contribution is 2.16. The van der Waals surface area contributed by atoms with E-state index in [0.717, 1.165) is 22.8 Å². The Morgan fingerprint density at radius 3 is 2.73 bits per heavy atom. The third-order valence-electron chi connectivity index (χ3n) is 3.31. The van der Waals surface area contributed by atoms with E-state index in [1.54, 1.807) is 18.3 Å². The van der Waals surface area contributed by atoms with Crippen molar-refractivity contribution in [2.24, 2.45) is 0 Å². The van der Waals surface area contributed by atoms with E-state index >= 15 is 0 Å². The zero-order chi connectivity index (χ0) is 15.4. The van der Waals surface area contributed by atoms with Gasteiger partial charge in [0.2, 0.25) is 0 Å². The molecule has 1 aromatic carbocycles. The first-order chi connectivity index (χ1) is 10.8. The first-order valence-electron chi connectivity index (χ1n) is 6.97. The van der Waals surface area contributed by atoms with Crippen LogP contribution >= 0.6 is 0 Å². The largest absolute Gasteiger partial charge is 0.366 e. The van der Waals surface area contributed by atoms with Gasteiger partial charge >= 0.3 is 0 Å². The number of benzene rings is 1. The quantitative estimate of drug-likeness (QED) is 0.801. The molecule has 5 heteroatoms. The summed E-state index contributed by atoms with van der Waals surface area (Å²) in [6.45, 7) is 2.60. The molecular weight excluding hydrogens is 274 g/mol. The zero-order valence-corrected chi connectivity index (χ0v) is 12.2. The van der Waals surface area contributed by atoms with Crippen LogP contribution in [0.2, 0.25) is 0 Å². The van der Waals surface area contributed by atoms with Crippen LogP contribution in [0, 0.1) is 18.3 Å². The molecule has 0 aliphatic heterocycles. The molecule has 0 amide bonds. The molecule has 3 rings (SSSR count). The second-order valence-electron chi connectivity index (χ2n) is 4.93. The lowest BCUT2D eigenvalue weighted by atomic mass is 10.2. The minimum atomic E-state index is 0.554. The normalized spacial score (nSPS) is 10.2. The molecule has 0 fully saturated rings. The van der Waals surface area contributed by atoms with Crippen molar-refractivity contribution in [3.8, 4) is 11.8 Å². The number of nitrogens with zero attached hydrogens (tertiary/aromatic N) is 4. The van der Waals surface area contributed by atoms with Crippen molar-refractivity contribution < 1.29 is 0 Å². The summed E-state index contributed by atoms with van der Waals surface area (Å²) < 4.78 is 1.87. The summed E-state index contributed by atoms with van der Waals surface area (Å²) in [5, 5.41) is 16.5. The lowest BCUT2D eigenvalue weighted by molar-refractivity contribution is 0.848. The molecule has 0 spiro atoms. The van der Waals surface area contributed by atoms with Gasteiger partial charge in [0.1, 0.15) is 11.9 Å². The molecule has 0 atom stereocenters. The number of hydrogen-bond acceptors (Lipinski definition) is 4. The maximum atomic E-state index is 8.78. The summed E-state index contributed by atoms with van der Waals surface area (Å²) in [5.41, 5.74) is 3.70. The summed E-state index contributed by atoms with van der Waals surface area (Å²) in [5.74, 6) is 0.741. The Morgan fingerprint density at radius 2 is 2.05 bits per heavy atom. The van der Waals surface area contributed by atoms with E-state index in [-0.39, 0.29) is 0 Å². The third kappa shape index (κ3) is 2.96. The fourth-order valence-electron chi connectivity index (χ4n) is 2.18. The first-order valence-corrected chi connectivity index (χ1v) is 6.97. The van der Waals surface area contributed by atoms with Crippen LogP contribution in [0.4, 0.5) is 5.82 Å². The Morgan fingerprint density at radius 1 is 1.18 bits per heavy atom. The molecule has 2 aromatic heterocycles. The molecule has 0 aliphatic rings. The van der Waals surface area contributed by atoms with Crippen molar-refractivity contribution >= 4 is 5.82 Å². The van der Waals surface area contributed by atoms with Crippen LogP contribution in [-0.4, -0.2) is 14.8 Å². The van der Waals surface area contributed by atoms with Gasteiger partial charge in [0.25, 0.3) is 0 Å². The van der Waals surface area contributed by atoms with Gasteiger partial charge in [-0.3, -0.25) is 0 Å². The van der Waals surface area contributed by atoms with E-state index < -0.39 is 0 Å². The molecule has 0 bridgehead atoms. The summed E-state index contributed by atoms with van der Waals surface area (Å²) in [6, 6.07) is 15.7. The van der Waals surface area contributed by atoms with Crippen molar-refractivity contribution in [1.82, 2.24) is 14.8 Å². The zero-order valence-electron chi connectivity index (χ0n) is 12.2. The molecular formula is C17H15N5. The molecule has 0 saturated carbocycles. The van der Waals surface area contributed by atoms with Crippen LogP contribution < -0.4 is 5.32 Å². The van der Waals surface area contributed by atoms with Gasteiger partial charge in [-0.2, -0.15) is 10.4 Å². The number of para-hydroxylation sites is 1. The third-order valence-corrected chi connectivity index (χ3v) is 3.31. The molecule has 108 valence electrons. The predicted octanol–water partition coefficient (Wildman–Crippen LogP) is 3.06. The van der Waals surface area contributed by atoms with E-state index in [9.17, 15) is 0 Å². The maximum absolute atomic E-state index is 8.78. The molecule has 2 heterocycles. The molecule has 0 radical (unpaired) electrons. The monoisotopic (exact) mass is 289 g/mol. The highest BCUT2D eigenvalue weighted by Gasteiger charge is 2.05. The average Bonchev–Trinajstić information content (AvgIpc) is 3.00. The van der Waals surface area contributed by atoms with Crippen molar-refractivity contribution in [3.63, 3.8) is 0 Å². The van der Waals surface area contributed by atoms with E-state index in [4.69, 9.17) is 5.26 Å². The van der Waals surface area contributed by atoms with Crippen molar-refractivity contribution in [2.45, 2.75) is 13.5 Å². The molecule has 22 heavy (non-hydrogen) atoms. The van der Waals surface area contributed by atoms with Crippen LogP contribution in [0.25, 0.3) is 5.69 Å². The summed E-state index contributed by atoms with van der Waals surface area (Å²) in [6.07, 6.45) is 3.51. The van der Waals surface area contributed by atoms with Crippen molar-refractivity contribution in [3.05, 3.63) is 71.7 Å². The van der Waals surface area contributed by atoms with Gasteiger partial charge in [-0.1, -0.05) is 18.2 Å². The Labute approximate surface area is 128 Å². The van der Waals surface area contributed by atoms with Crippen LogP contribution in [0.5, 0.6) is 0 Å². The topological polar surface area (TPSA) is 66.5 Å². The second kappa shape index (κ2) is 6.10. The van der Waals surface area contributed by atoms with E-state index in [1.807, 2.05) is 42.1 Å². The molecule has 0 unspecified atom stereocenters. The predicted molar refractivity (Wildman–Crippen MR) is 84.6 cm³/mol. The van der Waals surface area contributed by atoms with Crippen LogP contribution in [0.3, 0.4) is 0 Å². The van der Waals surface area contributed by atoms with Crippen molar-refractivity contribution in [2.75, 3.05) is 5.32 Å². The highest BCUT2D eigenvalue weighted by molar-refractivity contribution is 5.45. The Hall–Kier alpha value is -3.13. The number of pyridine rings is 1. The van der Waals surface area contributed by atoms with Gasteiger partial charge in [0, 0.05) is 18.9 Å². The van der Waals surface area contributed by atoms with E-state index in [2.05, 4.69) is 27.5 Å². The molecule has 5 nitrogen and oxygen atoms in total. The number of nitrogens with one attached hydrogen (secondary N) is 1. The summed E-state index contributed by atoms with van der Waals surface area (Å²) in [4.78, 5) is 4.22. The maximum Gasteiger partial charge on any atom is 0.126 e. The Bertz CT molecular complexity index is 812. The Kier molecular flexibility index (Phi) is 3.84. The fourth-order valence-corrected chi connectivity index (χ4v) is 2.18. The smallest absolute Gasteiger partial charge is 0.126 e. The molecule has 3 aromatic rings. The highest BCUT2D eigenvalue weighted by atomic mass is 15.3. The van der Waals surface area contributed by atoms with E-state index in [0.29, 0.717) is 12.1 Å². The standard InChI is InChI=1S/C17H15N5/c1-13-8-9-22(21-13)16-5-3-2-4-15(16)12-20-17-7-6-14(10-18)11-19-17/h2-9,11H,12H2,1H3,(H,19,20). The number of nitriles is 1. The summed E-state index contributed by atoms with van der Waals surface area (Å²) in [7, 11) is 0. The average molecular weight is 289 g/mol. The number of rotatable bonds is 4. The molecule has 1 N–H and O–H groups in total. The summed E-state index contributed by atoms with van der Waals surface area (Å²) >= 11 is 0. The van der Waals surface area contributed by atoms with Gasteiger partial charge in [-0.05, 0) is 36.8 Å². The molecule has 0 saturated heterocycles. The van der Waals surface area contributed by atoms with Gasteiger partial charge < -0.3 is 5.32 Å². The lowest BCUT2D eigenvalue weighted by Crippen LogP contribution is -2.06. The number of aryl methyl sites for hydroxylation is 1.